The van der Waals surface area contributed by atoms with Gasteiger partial charge < -0.3 is 0 Å². The number of H-pyrrole nitrogens is 1. The van der Waals surface area contributed by atoms with E-state index in [1.165, 1.54) is 144 Å². The summed E-state index contributed by atoms with van der Waals surface area (Å²) >= 11 is 0. The van der Waals surface area contributed by atoms with Crippen molar-refractivity contribution >= 4 is 32.3 Å². The zero-order chi connectivity index (χ0) is 74.5. The van der Waals surface area contributed by atoms with Crippen molar-refractivity contribution in [3.05, 3.63) is 385 Å². The van der Waals surface area contributed by atoms with Gasteiger partial charge in [0.2, 0.25) is 0 Å². The van der Waals surface area contributed by atoms with Crippen LogP contribution in [-0.4, -0.2) is 30.1 Å². The van der Waals surface area contributed by atoms with Crippen LogP contribution in [0.2, 0.25) is 0 Å². The number of benzene rings is 10. The first-order chi connectivity index (χ1) is 49.3. The minimum absolute atomic E-state index is 0. The van der Waals surface area contributed by atoms with Crippen molar-refractivity contribution in [1.82, 2.24) is 30.1 Å². The van der Waals surface area contributed by atoms with Crippen molar-refractivity contribution in [2.24, 2.45) is 0 Å². The molecule has 10 aromatic carbocycles. The van der Waals surface area contributed by atoms with Crippen LogP contribution in [0.15, 0.2) is 261 Å². The number of fused-ring (bicyclic) bond motifs is 3. The largest absolute Gasteiger partial charge is 2.00 e. The normalized spacial score (nSPS) is 10.0. The maximum absolute atomic E-state index is 4.32. The maximum atomic E-state index is 4.32. The first kappa shape index (κ1) is 82.4. The molecule has 7 heteroatoms. The van der Waals surface area contributed by atoms with E-state index in [0.29, 0.717) is 0 Å². The van der Waals surface area contributed by atoms with Crippen molar-refractivity contribution < 1.29 is 21.1 Å². The number of hydrogen-bond acceptors (Lipinski definition) is 5. The molecule has 0 fully saturated rings. The average molecular weight is 1540 g/mol. The summed E-state index contributed by atoms with van der Waals surface area (Å²) in [5.74, 6) is 0. The molecule has 15 rings (SSSR count). The molecule has 0 atom stereocenters. The molecule has 0 aliphatic rings. The summed E-state index contributed by atoms with van der Waals surface area (Å²) in [7, 11) is 0. The van der Waals surface area contributed by atoms with E-state index in [0.717, 1.165) is 34.2 Å². The summed E-state index contributed by atoms with van der Waals surface area (Å²) in [5.41, 5.74) is 32.3. The third-order valence-electron chi connectivity index (χ3n) is 17.3. The predicted molar refractivity (Wildman–Crippen MR) is 443 cm³/mol. The van der Waals surface area contributed by atoms with Crippen molar-refractivity contribution in [3.63, 3.8) is 0 Å². The summed E-state index contributed by atoms with van der Waals surface area (Å²) in [5, 5.41) is 14.9. The molecule has 0 saturated heterocycles. The SMILES string of the molecule is Cc1cc(C)[nH]n1.Cc1cc(C)c(-c2c(C)cc(C)cc2C)c(C)c1.Cc1cc[c-]cc1.Cc1cc[c-]cc1.Cc1ccc(-c2ccc(C)cn2)nc1.Cc1ccc(C)c2ccccc12.Cc1ccc2cc(C)ccc2c1.Cc1cccc2c(C)cccc12.Cc1ccnc(-c2cc(C)ccn2)c1.[W+2]. The van der Waals surface area contributed by atoms with Gasteiger partial charge in [-0.1, -0.05) is 182 Å². The summed E-state index contributed by atoms with van der Waals surface area (Å²) in [6.45, 7) is 42.3. The molecule has 528 valence electrons. The molecule has 1 N–H and O–H groups in total. The molecular formula is C97H104N6W. The van der Waals surface area contributed by atoms with E-state index >= 15 is 0 Å². The van der Waals surface area contributed by atoms with Gasteiger partial charge in [-0.2, -0.15) is 76.9 Å². The number of nitrogens with zero attached hydrogens (tertiary/aromatic N) is 5. The molecular weight excluding hydrogens is 1430 g/mol. The second-order valence-corrected chi connectivity index (χ2v) is 27.1. The van der Waals surface area contributed by atoms with Crippen molar-refractivity contribution in [3.8, 4) is 33.9 Å². The quantitative estimate of drug-likeness (QED) is 0.178. The molecule has 0 aliphatic carbocycles. The van der Waals surface area contributed by atoms with Crippen LogP contribution in [0.1, 0.15) is 112 Å². The third kappa shape index (κ3) is 26.4. The molecule has 0 radical (unpaired) electrons. The molecule has 15 aromatic rings. The van der Waals surface area contributed by atoms with E-state index in [4.69, 9.17) is 0 Å². The molecule has 0 bridgehead atoms. The van der Waals surface area contributed by atoms with E-state index in [1.54, 1.807) is 0 Å². The minimum atomic E-state index is 0. The Kier molecular flexibility index (Phi) is 32.9. The zero-order valence-corrected chi connectivity index (χ0v) is 67.9. The maximum Gasteiger partial charge on any atom is 2.00 e. The molecule has 0 saturated carbocycles. The van der Waals surface area contributed by atoms with Crippen LogP contribution in [-0.2, 0) is 21.1 Å². The van der Waals surface area contributed by atoms with Gasteiger partial charge in [0, 0.05) is 30.5 Å². The van der Waals surface area contributed by atoms with Gasteiger partial charge in [-0.05, 0) is 277 Å². The molecule has 104 heavy (non-hydrogen) atoms. The summed E-state index contributed by atoms with van der Waals surface area (Å²) in [4.78, 5) is 17.2. The fourth-order valence-electron chi connectivity index (χ4n) is 11.9. The number of pyridine rings is 4. The van der Waals surface area contributed by atoms with Crippen LogP contribution in [0.3, 0.4) is 0 Å². The topological polar surface area (TPSA) is 80.2 Å². The molecule has 0 amide bonds. The second kappa shape index (κ2) is 41.5. The fraction of sp³-hybridized carbons (Fsp3) is 0.206. The van der Waals surface area contributed by atoms with Gasteiger partial charge in [0.05, 0.1) is 28.5 Å². The molecule has 0 spiro atoms. The van der Waals surface area contributed by atoms with E-state index in [9.17, 15) is 0 Å². The Morgan fingerprint density at radius 2 is 0.587 bits per heavy atom. The monoisotopic (exact) mass is 1540 g/mol. The van der Waals surface area contributed by atoms with Gasteiger partial charge in [0.1, 0.15) is 0 Å². The van der Waals surface area contributed by atoms with Gasteiger partial charge in [-0.15, -0.1) is 0 Å². The first-order valence-electron chi connectivity index (χ1n) is 35.4. The van der Waals surface area contributed by atoms with E-state index in [-0.39, 0.29) is 21.1 Å². The van der Waals surface area contributed by atoms with Gasteiger partial charge in [0.15, 0.2) is 0 Å². The van der Waals surface area contributed by atoms with Crippen LogP contribution < -0.4 is 0 Å². The Morgan fingerprint density at radius 1 is 0.250 bits per heavy atom. The zero-order valence-electron chi connectivity index (χ0n) is 65.0. The van der Waals surface area contributed by atoms with Crippen LogP contribution >= 0.6 is 0 Å². The predicted octanol–water partition coefficient (Wildman–Crippen LogP) is 25.7. The van der Waals surface area contributed by atoms with Gasteiger partial charge in [-0.25, -0.2) is 0 Å². The van der Waals surface area contributed by atoms with Crippen LogP contribution in [0, 0.1) is 151 Å². The number of aromatic nitrogens is 6. The van der Waals surface area contributed by atoms with Crippen LogP contribution in [0.5, 0.6) is 0 Å². The Bertz CT molecular complexity index is 4730. The van der Waals surface area contributed by atoms with Crippen molar-refractivity contribution in [1.29, 1.82) is 0 Å². The molecule has 0 aliphatic heterocycles. The first-order valence-corrected chi connectivity index (χ1v) is 35.4. The Morgan fingerprint density at radius 3 is 0.875 bits per heavy atom. The summed E-state index contributed by atoms with van der Waals surface area (Å²) < 4.78 is 0. The van der Waals surface area contributed by atoms with E-state index < -0.39 is 0 Å². The van der Waals surface area contributed by atoms with Crippen LogP contribution in [0.25, 0.3) is 66.2 Å². The van der Waals surface area contributed by atoms with E-state index in [2.05, 4.69) is 287 Å². The standard InChI is InChI=1S/C18H22.2C12H12N2.3C12H12.2C7H7.C5H8N2.W/c1-11-7-13(3)17(14(4)8-11)18-15(5)9-12(2)10-16(18)6;1-9-3-5-13-11(7-9)12-8-10(2)4-6-14-12;1-9-3-5-11(13-7-9)12-6-4-10(2)8-14-12;1-9-3-5-12-8-10(2)4-6-11(12)7-9;1-9-5-3-8-12-10(2)6-4-7-11(9)12;1-9-7-8-10(2)12-6-4-3-5-11(9)12;2*1-7-5-3-2-4-6-7;1-4-3-5(2)7-6-4;/h7-10H,1-6H3;2*3-8H,1-2H3;3*3-8H,1-2H3;2*3-6H,1H3;3H,1-2H3,(H,6,7);/q;;;;;;2*-1;;+2. The average Bonchev–Trinajstić information content (AvgIpc) is 1.03. The van der Waals surface area contributed by atoms with Crippen LogP contribution in [0.4, 0.5) is 0 Å². The Hall–Kier alpha value is -10.5. The summed E-state index contributed by atoms with van der Waals surface area (Å²) in [6.07, 6.45) is 7.34. The Labute approximate surface area is 636 Å². The number of aromatic amines is 1. The smallest absolute Gasteiger partial charge is 0.283 e. The van der Waals surface area contributed by atoms with E-state index in [1.807, 2.05) is 156 Å². The number of rotatable bonds is 3. The number of aryl methyl sites for hydroxylation is 20. The van der Waals surface area contributed by atoms with Crippen molar-refractivity contribution in [2.75, 3.05) is 0 Å². The minimum Gasteiger partial charge on any atom is -0.283 e. The van der Waals surface area contributed by atoms with Gasteiger partial charge in [-0.3, -0.25) is 25.0 Å². The fourth-order valence-corrected chi connectivity index (χ4v) is 11.9. The molecule has 0 unspecified atom stereocenters. The van der Waals surface area contributed by atoms with Gasteiger partial charge in [0.25, 0.3) is 0 Å². The number of nitrogens with one attached hydrogen (secondary N) is 1. The molecule has 5 aromatic heterocycles. The third-order valence-corrected chi connectivity index (χ3v) is 17.3. The molecule has 6 nitrogen and oxygen atoms in total. The summed E-state index contributed by atoms with van der Waals surface area (Å²) in [6, 6.07) is 87.8. The second-order valence-electron chi connectivity index (χ2n) is 27.1. The van der Waals surface area contributed by atoms with Gasteiger partial charge >= 0.3 is 21.1 Å². The van der Waals surface area contributed by atoms with Crippen molar-refractivity contribution in [2.45, 2.75) is 138 Å². The Balaban J connectivity index is 0.000000186. The molecule has 5 heterocycles. The number of hydrogen-bond donors (Lipinski definition) is 1.